The molecule has 7 heteroatoms. The Labute approximate surface area is 113 Å². The molecule has 0 aliphatic rings. The molecule has 0 saturated heterocycles. The normalized spacial score (nSPS) is 12.7. The second kappa shape index (κ2) is 11.6. The monoisotopic (exact) mass is 276 g/mol. The van der Waals surface area contributed by atoms with E-state index in [2.05, 4.69) is 11.3 Å². The van der Waals surface area contributed by atoms with Gasteiger partial charge < -0.3 is 26.4 Å². The van der Waals surface area contributed by atoms with Gasteiger partial charge in [-0.1, -0.05) is 13.0 Å². The number of carboxylic acids is 1. The van der Waals surface area contributed by atoms with E-state index in [1.165, 1.54) is 13.8 Å². The molecule has 0 aliphatic heterocycles. The summed E-state index contributed by atoms with van der Waals surface area (Å²) in [6.45, 7) is 6.81. The number of rotatable bonds is 7. The zero-order chi connectivity index (χ0) is 15.4. The van der Waals surface area contributed by atoms with Gasteiger partial charge in [0.1, 0.15) is 6.04 Å². The van der Waals surface area contributed by atoms with E-state index >= 15 is 0 Å². The molecule has 0 aromatic heterocycles. The van der Waals surface area contributed by atoms with Crippen LogP contribution in [0.25, 0.3) is 0 Å². The van der Waals surface area contributed by atoms with Crippen LogP contribution in [0.2, 0.25) is 0 Å². The van der Waals surface area contributed by atoms with Crippen LogP contribution in [0.1, 0.15) is 33.1 Å². The molecule has 0 bridgehead atoms. The summed E-state index contributed by atoms with van der Waals surface area (Å²) in [5, 5.41) is 16.8. The number of carbonyl (C=O) groups excluding carboxylic acids is 1. The van der Waals surface area contributed by atoms with Crippen molar-refractivity contribution in [3.05, 3.63) is 12.2 Å². The van der Waals surface area contributed by atoms with Gasteiger partial charge in [0, 0.05) is 5.57 Å². The van der Waals surface area contributed by atoms with Gasteiger partial charge in [0.25, 0.3) is 0 Å². The average molecular weight is 276 g/mol. The molecule has 0 heterocycles. The highest BCUT2D eigenvalue weighted by Gasteiger charge is 2.09. The minimum absolute atomic E-state index is 0.288. The summed E-state index contributed by atoms with van der Waals surface area (Å²) in [5.41, 5.74) is 10.7. The molecule has 0 aliphatic carbocycles. The Bertz CT molecular complexity index is 292. The number of hydrogen-bond donors (Lipinski definition) is 4. The third-order valence-corrected chi connectivity index (χ3v) is 1.91. The highest BCUT2D eigenvalue weighted by Crippen LogP contribution is 1.97. The Morgan fingerprint density at radius 2 is 1.89 bits per heavy atom. The smallest absolute Gasteiger partial charge is 0.335 e. The van der Waals surface area contributed by atoms with E-state index in [0.717, 1.165) is 12.8 Å². The third kappa shape index (κ3) is 14.5. The van der Waals surface area contributed by atoms with E-state index in [4.69, 9.17) is 21.7 Å². The molecule has 0 saturated carbocycles. The van der Waals surface area contributed by atoms with Crippen LogP contribution >= 0.6 is 0 Å². The molecule has 112 valence electrons. The van der Waals surface area contributed by atoms with E-state index < -0.39 is 24.3 Å². The van der Waals surface area contributed by atoms with Gasteiger partial charge in [-0.2, -0.15) is 0 Å². The maximum Gasteiger partial charge on any atom is 0.335 e. The molecule has 0 radical (unpaired) electrons. The van der Waals surface area contributed by atoms with Crippen molar-refractivity contribution in [2.75, 3.05) is 6.54 Å². The van der Waals surface area contributed by atoms with E-state index in [1.807, 2.05) is 0 Å². The largest absolute Gasteiger partial charge is 0.480 e. The van der Waals surface area contributed by atoms with Crippen LogP contribution in [-0.2, 0) is 14.3 Å². The fourth-order valence-corrected chi connectivity index (χ4v) is 0.888. The molecular formula is C12H24N2O5. The van der Waals surface area contributed by atoms with Crippen LogP contribution in [0.4, 0.5) is 0 Å². The van der Waals surface area contributed by atoms with Crippen molar-refractivity contribution in [1.29, 1.82) is 0 Å². The number of aliphatic carboxylic acids is 1. The maximum atomic E-state index is 10.5. The number of carboxylic acid groups (broad SMARTS) is 1. The predicted molar refractivity (Wildman–Crippen MR) is 71.1 cm³/mol. The van der Waals surface area contributed by atoms with Crippen LogP contribution < -0.4 is 11.5 Å². The van der Waals surface area contributed by atoms with Crippen molar-refractivity contribution in [1.82, 2.24) is 0 Å². The summed E-state index contributed by atoms with van der Waals surface area (Å²) in [6.07, 6.45) is 1.12. The summed E-state index contributed by atoms with van der Waals surface area (Å²) in [4.78, 5) is 20.6. The Hall–Kier alpha value is -1.44. The van der Waals surface area contributed by atoms with Crippen LogP contribution in [0.5, 0.6) is 0 Å². The lowest BCUT2D eigenvalue weighted by Gasteiger charge is -2.04. The van der Waals surface area contributed by atoms with Crippen molar-refractivity contribution in [2.24, 2.45) is 11.5 Å². The Morgan fingerprint density at radius 3 is 2.16 bits per heavy atom. The molecule has 6 N–H and O–H groups in total. The highest BCUT2D eigenvalue weighted by molar-refractivity contribution is 5.86. The van der Waals surface area contributed by atoms with E-state index in [-0.39, 0.29) is 5.57 Å². The molecule has 7 nitrogen and oxygen atoms in total. The topological polar surface area (TPSA) is 136 Å². The molecule has 19 heavy (non-hydrogen) atoms. The molecule has 0 amide bonds. The van der Waals surface area contributed by atoms with Gasteiger partial charge in [0.2, 0.25) is 0 Å². The van der Waals surface area contributed by atoms with E-state index in [0.29, 0.717) is 13.0 Å². The lowest BCUT2D eigenvalue weighted by atomic mass is 10.1. The third-order valence-electron chi connectivity index (χ3n) is 1.91. The fraction of sp³-hybridized carbons (Fsp3) is 0.667. The first-order valence-corrected chi connectivity index (χ1v) is 5.95. The number of aliphatic hydroxyl groups excluding tert-OH is 1. The lowest BCUT2D eigenvalue weighted by molar-refractivity contribution is -0.159. The van der Waals surface area contributed by atoms with Gasteiger partial charge >= 0.3 is 11.9 Å². The van der Waals surface area contributed by atoms with E-state index in [1.54, 1.807) is 0 Å². The Balaban J connectivity index is 0. The van der Waals surface area contributed by atoms with Crippen molar-refractivity contribution in [2.45, 2.75) is 45.4 Å². The van der Waals surface area contributed by atoms with Crippen molar-refractivity contribution in [3.63, 3.8) is 0 Å². The molecule has 0 rings (SSSR count). The first-order chi connectivity index (χ1) is 8.72. The minimum atomic E-state index is -1.05. The minimum Gasteiger partial charge on any atom is -0.480 e. The van der Waals surface area contributed by atoms with Gasteiger partial charge in [-0.05, 0) is 33.2 Å². The average Bonchev–Trinajstić information content (AvgIpc) is 2.28. The number of ether oxygens (including phenoxy) is 1. The summed E-state index contributed by atoms with van der Waals surface area (Å²) < 4.78 is 4.33. The Morgan fingerprint density at radius 1 is 1.37 bits per heavy atom. The molecule has 0 spiro atoms. The van der Waals surface area contributed by atoms with Crippen molar-refractivity contribution in [3.8, 4) is 0 Å². The standard InChI is InChI=1S/C6H14N2O2.C6H10O3/c7-4-2-1-3-5(8)6(9)10;1-4(2)6(8)9-5(3)7/h5H,1-4,7-8H2,(H,9,10);5,7H,1H2,2-3H3. The Kier molecular flexibility index (Phi) is 12.2. The molecule has 2 atom stereocenters. The number of unbranched alkanes of at least 4 members (excludes halogenated alkanes) is 1. The number of carbonyl (C=O) groups is 2. The summed E-state index contributed by atoms with van der Waals surface area (Å²) >= 11 is 0. The first kappa shape index (κ1) is 19.9. The number of aliphatic hydroxyl groups is 1. The quantitative estimate of drug-likeness (QED) is 0.222. The van der Waals surface area contributed by atoms with Gasteiger partial charge in [-0.15, -0.1) is 0 Å². The lowest BCUT2D eigenvalue weighted by Crippen LogP contribution is -2.29. The van der Waals surface area contributed by atoms with Crippen LogP contribution in [-0.4, -0.2) is 41.0 Å². The van der Waals surface area contributed by atoms with Crippen LogP contribution in [0, 0.1) is 0 Å². The second-order valence-corrected chi connectivity index (χ2v) is 4.01. The number of esters is 1. The van der Waals surface area contributed by atoms with Crippen molar-refractivity contribution < 1.29 is 24.5 Å². The summed E-state index contributed by atoms with van der Waals surface area (Å²) in [7, 11) is 0. The zero-order valence-electron chi connectivity index (χ0n) is 11.5. The molecule has 0 aromatic rings. The summed E-state index contributed by atoms with van der Waals surface area (Å²) in [5.74, 6) is -1.50. The molecule has 0 aromatic carbocycles. The van der Waals surface area contributed by atoms with Crippen LogP contribution in [0.3, 0.4) is 0 Å². The van der Waals surface area contributed by atoms with Gasteiger partial charge in [-0.25, -0.2) is 4.79 Å². The highest BCUT2D eigenvalue weighted by atomic mass is 16.6. The SMILES string of the molecule is C=C(C)C(=O)OC(C)O.NCCCCC(N)C(=O)O. The molecule has 2 unspecified atom stereocenters. The maximum absolute atomic E-state index is 10.5. The van der Waals surface area contributed by atoms with Gasteiger partial charge in [0.05, 0.1) is 0 Å². The van der Waals surface area contributed by atoms with Crippen LogP contribution in [0.15, 0.2) is 12.2 Å². The molecule has 0 fully saturated rings. The fourth-order valence-electron chi connectivity index (χ4n) is 0.888. The van der Waals surface area contributed by atoms with Crippen molar-refractivity contribution >= 4 is 11.9 Å². The predicted octanol–water partition coefficient (Wildman–Crippen LogP) is -0.0287. The zero-order valence-corrected chi connectivity index (χ0v) is 11.5. The first-order valence-electron chi connectivity index (χ1n) is 5.95. The van der Waals surface area contributed by atoms with E-state index in [9.17, 15) is 9.59 Å². The van der Waals surface area contributed by atoms with Gasteiger partial charge in [0.15, 0.2) is 6.29 Å². The number of nitrogens with two attached hydrogens (primary N) is 2. The molecular weight excluding hydrogens is 252 g/mol. The summed E-state index contributed by atoms with van der Waals surface area (Å²) in [6, 6.07) is -0.716. The second-order valence-electron chi connectivity index (χ2n) is 4.01. The van der Waals surface area contributed by atoms with Gasteiger partial charge in [-0.3, -0.25) is 4.79 Å². The number of hydrogen-bond acceptors (Lipinski definition) is 6.